The molecule has 0 aromatic heterocycles. The first-order valence-electron chi connectivity index (χ1n) is 10.1. The first-order valence-corrected chi connectivity index (χ1v) is 10.1. The van der Waals surface area contributed by atoms with E-state index in [1.165, 1.54) is 48.5 Å². The van der Waals surface area contributed by atoms with E-state index in [1.807, 2.05) is 0 Å². The number of ether oxygens (including phenoxy) is 1. The van der Waals surface area contributed by atoms with Crippen molar-refractivity contribution in [3.05, 3.63) is 100 Å². The molecule has 0 atom stereocenters. The van der Waals surface area contributed by atoms with E-state index < -0.39 is 35.8 Å². The van der Waals surface area contributed by atoms with E-state index in [0.717, 1.165) is 18.2 Å². The summed E-state index contributed by atoms with van der Waals surface area (Å²) in [6, 6.07) is 12.1. The normalized spacial score (nSPS) is 14.5. The number of halogens is 5. The molecule has 3 nitrogen and oxygen atoms in total. The van der Waals surface area contributed by atoms with Crippen LogP contribution in [0.4, 0.5) is 22.0 Å². The van der Waals surface area contributed by atoms with Gasteiger partial charge in [-0.05, 0) is 94.9 Å². The first-order chi connectivity index (χ1) is 16.0. The van der Waals surface area contributed by atoms with Crippen LogP contribution in [-0.4, -0.2) is 11.1 Å². The molecular weight excluding hydrogens is 455 g/mol. The summed E-state index contributed by atoms with van der Waals surface area (Å²) in [5.74, 6) is -2.14. The van der Waals surface area contributed by atoms with Gasteiger partial charge in [0.15, 0.2) is 0 Å². The number of aliphatic carboxylic acids is 1. The van der Waals surface area contributed by atoms with E-state index in [4.69, 9.17) is 4.74 Å². The second-order valence-corrected chi connectivity index (χ2v) is 7.72. The summed E-state index contributed by atoms with van der Waals surface area (Å²) in [5, 5.41) is 9.25. The van der Waals surface area contributed by atoms with Gasteiger partial charge in [-0.3, -0.25) is 4.79 Å². The highest BCUT2D eigenvalue weighted by Gasteiger charge is 2.34. The number of carbonyl (C=O) groups is 1. The molecule has 1 aliphatic rings. The van der Waals surface area contributed by atoms with Crippen LogP contribution in [0.15, 0.2) is 66.2 Å². The molecule has 0 aliphatic heterocycles. The second kappa shape index (κ2) is 8.78. The lowest BCUT2D eigenvalue weighted by atomic mass is 9.98. The quantitative estimate of drug-likeness (QED) is 0.390. The third-order valence-electron chi connectivity index (χ3n) is 5.46. The van der Waals surface area contributed by atoms with Gasteiger partial charge < -0.3 is 9.84 Å². The summed E-state index contributed by atoms with van der Waals surface area (Å²) in [7, 11) is 0. The van der Waals surface area contributed by atoms with Crippen LogP contribution in [0, 0.1) is 11.6 Å². The Labute approximate surface area is 191 Å². The molecule has 3 aromatic rings. The Morgan fingerprint density at radius 2 is 1.56 bits per heavy atom. The lowest BCUT2D eigenvalue weighted by molar-refractivity contribution is -0.138. The number of rotatable bonds is 5. The Morgan fingerprint density at radius 3 is 2.21 bits per heavy atom. The standard InChI is InChI=1S/C26H17F5O3/c1-14-21(20-9-5-17(28)11-23(20)22(14)13-25(32)33)10-15-2-6-19(12-24(15)26(29,30)31)34-18-7-3-16(27)4-8-18/h2-12H,13H2,1H3,(H,32,33)/b21-10-. The molecule has 0 unspecified atom stereocenters. The Bertz CT molecular complexity index is 1340. The average Bonchev–Trinajstić information content (AvgIpc) is 3.00. The molecule has 0 fully saturated rings. The van der Waals surface area contributed by atoms with Crippen molar-refractivity contribution in [1.82, 2.24) is 0 Å². The van der Waals surface area contributed by atoms with E-state index in [9.17, 15) is 31.9 Å². The van der Waals surface area contributed by atoms with Crippen LogP contribution in [-0.2, 0) is 11.0 Å². The zero-order valence-corrected chi connectivity index (χ0v) is 17.7. The monoisotopic (exact) mass is 472 g/mol. The minimum absolute atomic E-state index is 0.0891. The van der Waals surface area contributed by atoms with Crippen molar-refractivity contribution in [1.29, 1.82) is 0 Å². The molecule has 4 rings (SSSR count). The third kappa shape index (κ3) is 4.71. The van der Waals surface area contributed by atoms with Gasteiger partial charge in [0.1, 0.15) is 23.1 Å². The lowest BCUT2D eigenvalue weighted by Gasteiger charge is -2.14. The summed E-state index contributed by atoms with van der Waals surface area (Å²) in [5.41, 5.74) is 0.846. The molecule has 8 heteroatoms. The van der Waals surface area contributed by atoms with Crippen LogP contribution in [0.2, 0.25) is 0 Å². The highest BCUT2D eigenvalue weighted by Crippen LogP contribution is 2.45. The van der Waals surface area contributed by atoms with E-state index >= 15 is 0 Å². The van der Waals surface area contributed by atoms with Gasteiger partial charge in [0.05, 0.1) is 12.0 Å². The highest BCUT2D eigenvalue weighted by atomic mass is 19.4. The molecule has 3 aromatic carbocycles. The van der Waals surface area contributed by atoms with E-state index in [-0.39, 0.29) is 17.1 Å². The van der Waals surface area contributed by atoms with Gasteiger partial charge >= 0.3 is 12.1 Å². The third-order valence-corrected chi connectivity index (χ3v) is 5.46. The van der Waals surface area contributed by atoms with Gasteiger partial charge in [-0.25, -0.2) is 8.78 Å². The number of hydrogen-bond donors (Lipinski definition) is 1. The van der Waals surface area contributed by atoms with Gasteiger partial charge in [0.25, 0.3) is 0 Å². The molecule has 174 valence electrons. The Hall–Kier alpha value is -3.94. The number of benzene rings is 3. The smallest absolute Gasteiger partial charge is 0.417 e. The van der Waals surface area contributed by atoms with E-state index in [1.54, 1.807) is 6.92 Å². The fraction of sp³-hybridized carbons (Fsp3) is 0.115. The SMILES string of the molecule is CC1=C(CC(=O)O)c2cc(F)ccc2/C1=C\c1ccc(Oc2ccc(F)cc2)cc1C(F)(F)F. The van der Waals surface area contributed by atoms with Crippen LogP contribution < -0.4 is 4.74 Å². The topological polar surface area (TPSA) is 46.5 Å². The van der Waals surface area contributed by atoms with Crippen LogP contribution in [0.1, 0.15) is 35.6 Å². The number of hydrogen-bond acceptors (Lipinski definition) is 2. The summed E-state index contributed by atoms with van der Waals surface area (Å²) < 4.78 is 74.1. The Morgan fingerprint density at radius 1 is 0.912 bits per heavy atom. The first kappa shape index (κ1) is 23.2. The molecule has 1 aliphatic carbocycles. The molecule has 0 spiro atoms. The molecule has 0 amide bonds. The predicted octanol–water partition coefficient (Wildman–Crippen LogP) is 7.58. The minimum atomic E-state index is -4.72. The van der Waals surface area contributed by atoms with Crippen LogP contribution in [0.5, 0.6) is 11.5 Å². The zero-order chi connectivity index (χ0) is 24.6. The highest BCUT2D eigenvalue weighted by molar-refractivity contribution is 6.07. The van der Waals surface area contributed by atoms with Gasteiger partial charge in [0.2, 0.25) is 0 Å². The molecular formula is C26H17F5O3. The number of alkyl halides is 3. The number of carboxylic acid groups (broad SMARTS) is 1. The maximum Gasteiger partial charge on any atom is 0.417 e. The summed E-state index contributed by atoms with van der Waals surface area (Å²) >= 11 is 0. The maximum atomic E-state index is 13.9. The molecule has 34 heavy (non-hydrogen) atoms. The average molecular weight is 472 g/mol. The van der Waals surface area contributed by atoms with Crippen LogP contribution in [0.25, 0.3) is 17.2 Å². The van der Waals surface area contributed by atoms with Gasteiger partial charge in [-0.15, -0.1) is 0 Å². The molecule has 0 saturated heterocycles. The van der Waals surface area contributed by atoms with Crippen LogP contribution >= 0.6 is 0 Å². The van der Waals surface area contributed by atoms with Crippen molar-refractivity contribution in [3.63, 3.8) is 0 Å². The molecule has 0 radical (unpaired) electrons. The Balaban J connectivity index is 1.81. The largest absolute Gasteiger partial charge is 0.481 e. The molecule has 0 saturated carbocycles. The maximum absolute atomic E-state index is 13.9. The number of carboxylic acids is 1. The fourth-order valence-corrected chi connectivity index (χ4v) is 3.90. The van der Waals surface area contributed by atoms with E-state index in [2.05, 4.69) is 0 Å². The predicted molar refractivity (Wildman–Crippen MR) is 117 cm³/mol. The molecule has 1 N–H and O–H groups in total. The van der Waals surface area contributed by atoms with Crippen molar-refractivity contribution >= 4 is 23.2 Å². The van der Waals surface area contributed by atoms with Crippen molar-refractivity contribution < 1.29 is 36.6 Å². The second-order valence-electron chi connectivity index (χ2n) is 7.72. The van der Waals surface area contributed by atoms with Gasteiger partial charge in [-0.1, -0.05) is 12.1 Å². The van der Waals surface area contributed by atoms with Gasteiger partial charge in [0, 0.05) is 0 Å². The minimum Gasteiger partial charge on any atom is -0.481 e. The van der Waals surface area contributed by atoms with Crippen LogP contribution in [0.3, 0.4) is 0 Å². The van der Waals surface area contributed by atoms with Crippen molar-refractivity contribution in [3.8, 4) is 11.5 Å². The van der Waals surface area contributed by atoms with E-state index in [0.29, 0.717) is 27.8 Å². The number of allylic oxidation sites excluding steroid dienone is 2. The van der Waals surface area contributed by atoms with Crippen molar-refractivity contribution in [2.75, 3.05) is 0 Å². The van der Waals surface area contributed by atoms with Gasteiger partial charge in [-0.2, -0.15) is 13.2 Å². The zero-order valence-electron chi connectivity index (χ0n) is 17.7. The molecule has 0 bridgehead atoms. The number of fused-ring (bicyclic) bond motifs is 1. The Kier molecular flexibility index (Phi) is 6.00. The summed E-state index contributed by atoms with van der Waals surface area (Å²) in [6.45, 7) is 1.60. The lowest BCUT2D eigenvalue weighted by Crippen LogP contribution is -2.08. The summed E-state index contributed by atoms with van der Waals surface area (Å²) in [4.78, 5) is 11.3. The van der Waals surface area contributed by atoms with Crippen molar-refractivity contribution in [2.45, 2.75) is 19.5 Å². The summed E-state index contributed by atoms with van der Waals surface area (Å²) in [6.07, 6.45) is -3.80. The molecule has 0 heterocycles. The van der Waals surface area contributed by atoms with Crippen molar-refractivity contribution in [2.24, 2.45) is 0 Å². The fourth-order valence-electron chi connectivity index (χ4n) is 3.90.